The van der Waals surface area contributed by atoms with E-state index in [1.165, 1.54) is 11.1 Å². The van der Waals surface area contributed by atoms with Crippen LogP contribution in [0.15, 0.2) is 47.6 Å². The van der Waals surface area contributed by atoms with Gasteiger partial charge in [-0.1, -0.05) is 64.9 Å². The summed E-state index contributed by atoms with van der Waals surface area (Å²) in [5.41, 5.74) is 6.47. The van der Waals surface area contributed by atoms with Crippen molar-refractivity contribution in [1.29, 1.82) is 0 Å². The largest absolute Gasteiger partial charge is 0.543 e. The van der Waals surface area contributed by atoms with Crippen molar-refractivity contribution in [3.63, 3.8) is 0 Å². The maximum atomic E-state index is 14.5. The highest BCUT2D eigenvalue weighted by molar-refractivity contribution is 6.78. The molecule has 2 aromatic carbocycles. The summed E-state index contributed by atoms with van der Waals surface area (Å²) < 4.78 is 12.8. The SMILES string of the molecule is COc1cc(C)cc2c1C1=NO[C@H]3C4C=CC(Cc5cc(O[Si](C(C)C)(C(C)C)C(C)C)ccc54)(C2=O)[C@@H]13. The minimum absolute atomic E-state index is 0.0361. The van der Waals surface area contributed by atoms with E-state index < -0.39 is 13.7 Å². The quantitative estimate of drug-likeness (QED) is 0.290. The van der Waals surface area contributed by atoms with E-state index in [9.17, 15) is 4.79 Å². The van der Waals surface area contributed by atoms with Crippen molar-refractivity contribution in [1.82, 2.24) is 0 Å². The highest BCUT2D eigenvalue weighted by Crippen LogP contribution is 2.59. The Morgan fingerprint density at radius 2 is 1.76 bits per heavy atom. The first-order valence-corrected chi connectivity index (χ1v) is 16.2. The maximum Gasteiger partial charge on any atom is 0.258 e. The molecule has 0 saturated heterocycles. The van der Waals surface area contributed by atoms with Gasteiger partial charge >= 0.3 is 0 Å². The third-order valence-corrected chi connectivity index (χ3v) is 15.8. The summed E-state index contributed by atoms with van der Waals surface area (Å²) in [4.78, 5) is 20.7. The Bertz CT molecular complexity index is 1370. The Morgan fingerprint density at radius 3 is 2.42 bits per heavy atom. The number of Topliss-reactive ketones (excluding diaryl/α,β-unsaturated/α-hetero) is 1. The Hall–Kier alpha value is -2.86. The van der Waals surface area contributed by atoms with E-state index in [4.69, 9.17) is 14.0 Å². The van der Waals surface area contributed by atoms with E-state index in [1.807, 2.05) is 19.1 Å². The van der Waals surface area contributed by atoms with Crippen molar-refractivity contribution in [3.8, 4) is 11.5 Å². The molecule has 0 fully saturated rings. The van der Waals surface area contributed by atoms with Crippen molar-refractivity contribution in [2.45, 2.75) is 83.5 Å². The van der Waals surface area contributed by atoms with Gasteiger partial charge in [0.15, 0.2) is 5.78 Å². The van der Waals surface area contributed by atoms with Crippen LogP contribution in [0.3, 0.4) is 0 Å². The minimum atomic E-state index is -2.11. The number of methoxy groups -OCH3 is 1. The first-order chi connectivity index (χ1) is 18.0. The van der Waals surface area contributed by atoms with Gasteiger partial charge in [0, 0.05) is 11.5 Å². The summed E-state index contributed by atoms with van der Waals surface area (Å²) in [6.07, 6.45) is 4.77. The molecule has 200 valence electrons. The van der Waals surface area contributed by atoms with Crippen LogP contribution in [-0.2, 0) is 11.3 Å². The summed E-state index contributed by atoms with van der Waals surface area (Å²) >= 11 is 0. The van der Waals surface area contributed by atoms with Crippen LogP contribution in [0, 0.1) is 18.3 Å². The van der Waals surface area contributed by atoms with Gasteiger partial charge in [0.25, 0.3) is 8.32 Å². The molecule has 0 saturated carbocycles. The number of allylic oxidation sites excluding steroid dienone is 1. The molecular weight excluding hydrogens is 490 g/mol. The van der Waals surface area contributed by atoms with Crippen LogP contribution in [0.1, 0.15) is 80.1 Å². The molecule has 38 heavy (non-hydrogen) atoms. The molecular formula is C32H39NO4Si. The first kappa shape index (κ1) is 25.4. The fourth-order valence-corrected chi connectivity index (χ4v) is 13.5. The number of hydrogen-bond donors (Lipinski definition) is 0. The van der Waals surface area contributed by atoms with Gasteiger partial charge < -0.3 is 14.0 Å². The summed E-state index contributed by atoms with van der Waals surface area (Å²) in [7, 11) is -0.456. The number of benzene rings is 2. The van der Waals surface area contributed by atoms with E-state index in [0.717, 1.165) is 22.6 Å². The zero-order chi connectivity index (χ0) is 27.1. The van der Waals surface area contributed by atoms with E-state index >= 15 is 0 Å². The molecule has 2 bridgehead atoms. The molecule has 4 atom stereocenters. The molecule has 4 aliphatic carbocycles. The average molecular weight is 530 g/mol. The third-order valence-electron chi connectivity index (χ3n) is 9.75. The van der Waals surface area contributed by atoms with Gasteiger partial charge in [-0.15, -0.1) is 0 Å². The molecule has 5 aliphatic rings. The van der Waals surface area contributed by atoms with Crippen LogP contribution < -0.4 is 9.16 Å². The molecule has 5 nitrogen and oxygen atoms in total. The number of aryl methyl sites for hydroxylation is 1. The van der Waals surface area contributed by atoms with Gasteiger partial charge in [0.05, 0.1) is 29.7 Å². The number of nitrogens with zero attached hydrogens (tertiary/aromatic N) is 1. The van der Waals surface area contributed by atoms with Crippen LogP contribution in [0.25, 0.3) is 0 Å². The maximum absolute atomic E-state index is 14.5. The van der Waals surface area contributed by atoms with Crippen molar-refractivity contribution in [2.75, 3.05) is 7.11 Å². The monoisotopic (exact) mass is 529 g/mol. The molecule has 2 aromatic rings. The zero-order valence-corrected chi connectivity index (χ0v) is 24.8. The van der Waals surface area contributed by atoms with Crippen LogP contribution >= 0.6 is 0 Å². The van der Waals surface area contributed by atoms with Crippen LogP contribution in [0.5, 0.6) is 11.5 Å². The number of oxime groups is 1. The van der Waals surface area contributed by atoms with Gasteiger partial charge in [0.1, 0.15) is 17.6 Å². The van der Waals surface area contributed by atoms with Crippen molar-refractivity contribution >= 4 is 19.8 Å². The Labute approximate surface area is 227 Å². The zero-order valence-electron chi connectivity index (χ0n) is 23.8. The number of ketones is 1. The molecule has 0 N–H and O–H groups in total. The second kappa shape index (κ2) is 8.57. The van der Waals surface area contributed by atoms with Gasteiger partial charge in [0.2, 0.25) is 0 Å². The van der Waals surface area contributed by atoms with Crippen LogP contribution in [-0.4, -0.2) is 33.0 Å². The fourth-order valence-electron chi connectivity index (χ4n) is 8.24. The molecule has 6 heteroatoms. The number of hydrogen-bond acceptors (Lipinski definition) is 5. The summed E-state index contributed by atoms with van der Waals surface area (Å²) in [6.45, 7) is 15.9. The van der Waals surface area contributed by atoms with Crippen molar-refractivity contribution in [3.05, 3.63) is 70.3 Å². The Kier molecular flexibility index (Phi) is 5.73. The number of carbonyl (C=O) groups excluding carboxylic acids is 1. The van der Waals surface area contributed by atoms with E-state index in [0.29, 0.717) is 34.4 Å². The molecule has 0 amide bonds. The highest BCUT2D eigenvalue weighted by atomic mass is 28.4. The summed E-state index contributed by atoms with van der Waals surface area (Å²) in [5.74, 6) is 1.67. The number of fused-ring (bicyclic) bond motifs is 2. The van der Waals surface area contributed by atoms with E-state index in [1.54, 1.807) is 7.11 Å². The predicted molar refractivity (Wildman–Crippen MR) is 153 cm³/mol. The number of ether oxygens (including phenoxy) is 1. The lowest BCUT2D eigenvalue weighted by Crippen LogP contribution is -2.52. The topological polar surface area (TPSA) is 57.1 Å². The standard InChI is InChI=1S/C32H39NO4Si/c1-17(2)38(18(3)4,19(5)6)37-22-9-10-23-21(15-22)16-32-12-11-24(23)30-28(32)29(33-36-30)27-25(31(32)34)13-20(7)14-26(27)35-8/h9-15,17-19,24,28,30H,16H2,1-8H3/t24?,28-,30-,32?/m0/s1. The average Bonchev–Trinajstić information content (AvgIpc) is 3.19. The lowest BCUT2D eigenvalue weighted by Gasteiger charge is -2.43. The number of carbonyl (C=O) groups is 1. The van der Waals surface area contributed by atoms with Gasteiger partial charge in [-0.05, 0) is 70.9 Å². The molecule has 2 unspecified atom stereocenters. The molecule has 1 spiro atoms. The lowest BCUT2D eigenvalue weighted by molar-refractivity contribution is 0.0196. The Morgan fingerprint density at radius 1 is 1.05 bits per heavy atom. The molecule has 0 radical (unpaired) electrons. The first-order valence-electron chi connectivity index (χ1n) is 14.0. The molecule has 1 heterocycles. The van der Waals surface area contributed by atoms with Gasteiger partial charge in [-0.25, -0.2) is 0 Å². The van der Waals surface area contributed by atoms with Gasteiger partial charge in [-0.3, -0.25) is 4.79 Å². The number of rotatable bonds is 6. The third kappa shape index (κ3) is 3.22. The summed E-state index contributed by atoms with van der Waals surface area (Å²) in [5, 5.41) is 4.61. The van der Waals surface area contributed by atoms with Gasteiger partial charge in [-0.2, -0.15) is 0 Å². The van der Waals surface area contributed by atoms with E-state index in [-0.39, 0.29) is 23.7 Å². The van der Waals surface area contributed by atoms with Crippen molar-refractivity contribution in [2.24, 2.45) is 16.5 Å². The Balaban J connectivity index is 1.48. The molecule has 1 aliphatic heterocycles. The van der Waals surface area contributed by atoms with Crippen LogP contribution in [0.4, 0.5) is 0 Å². The fraction of sp³-hybridized carbons (Fsp3) is 0.500. The lowest BCUT2D eigenvalue weighted by atomic mass is 9.56. The smallest absolute Gasteiger partial charge is 0.258 e. The summed E-state index contributed by atoms with van der Waals surface area (Å²) in [6, 6.07) is 10.5. The highest BCUT2D eigenvalue weighted by Gasteiger charge is 2.63. The van der Waals surface area contributed by atoms with Crippen molar-refractivity contribution < 1.29 is 18.8 Å². The minimum Gasteiger partial charge on any atom is -0.543 e. The second-order valence-electron chi connectivity index (χ2n) is 12.6. The van der Waals surface area contributed by atoms with Crippen LogP contribution in [0.2, 0.25) is 16.6 Å². The normalized spacial score (nSPS) is 26.7. The predicted octanol–water partition coefficient (Wildman–Crippen LogP) is 7.37. The second-order valence-corrected chi connectivity index (χ2v) is 18.0. The van der Waals surface area contributed by atoms with E-state index in [2.05, 4.69) is 77.0 Å². The molecule has 7 rings (SSSR count). The molecule has 0 aromatic heterocycles.